The topological polar surface area (TPSA) is 99.6 Å². The lowest BCUT2D eigenvalue weighted by Gasteiger charge is -2.23. The summed E-state index contributed by atoms with van der Waals surface area (Å²) in [5, 5.41) is 9.51. The molecule has 2 N–H and O–H groups in total. The zero-order chi connectivity index (χ0) is 20.9. The van der Waals surface area contributed by atoms with Crippen molar-refractivity contribution in [1.82, 2.24) is 4.98 Å². The number of hydrogen-bond donors (Lipinski definition) is 2. The number of benzene rings is 1. The minimum absolute atomic E-state index is 0.0996. The number of carboxylic acid groups (broad SMARTS) is 1. The van der Waals surface area contributed by atoms with E-state index in [9.17, 15) is 27.1 Å². The first kappa shape index (κ1) is 21.5. The van der Waals surface area contributed by atoms with E-state index in [1.165, 1.54) is 6.20 Å². The number of halogens is 2. The van der Waals surface area contributed by atoms with Gasteiger partial charge in [0.05, 0.1) is 16.8 Å². The van der Waals surface area contributed by atoms with Crippen LogP contribution in [-0.4, -0.2) is 37.6 Å². The highest BCUT2D eigenvalue weighted by molar-refractivity contribution is 7.92. The van der Waals surface area contributed by atoms with Crippen molar-refractivity contribution >= 4 is 27.5 Å². The first-order valence-electron chi connectivity index (χ1n) is 8.65. The van der Waals surface area contributed by atoms with E-state index in [0.717, 1.165) is 25.0 Å². The second kappa shape index (κ2) is 8.96. The predicted octanol–water partition coefficient (Wildman–Crippen LogP) is 3.49. The molecule has 2 rings (SSSR count). The summed E-state index contributed by atoms with van der Waals surface area (Å²) in [6.07, 6.45) is 2.96. The minimum atomic E-state index is -4.25. The van der Waals surface area contributed by atoms with Crippen LogP contribution in [0.25, 0.3) is 0 Å². The van der Waals surface area contributed by atoms with Crippen LogP contribution in [0.2, 0.25) is 0 Å². The van der Waals surface area contributed by atoms with E-state index in [0.29, 0.717) is 25.2 Å². The highest BCUT2D eigenvalue weighted by atomic mass is 32.2. The number of anilines is 2. The fourth-order valence-corrected chi connectivity index (χ4v) is 3.59. The van der Waals surface area contributed by atoms with Crippen molar-refractivity contribution in [3.8, 4) is 0 Å². The summed E-state index contributed by atoms with van der Waals surface area (Å²) in [4.78, 5) is 17.1. The number of pyridine rings is 1. The second-order valence-corrected chi connectivity index (χ2v) is 7.70. The number of unbranched alkanes of at least 4 members (excludes halogenated alkanes) is 1. The van der Waals surface area contributed by atoms with E-state index in [2.05, 4.69) is 9.71 Å². The van der Waals surface area contributed by atoms with Gasteiger partial charge in [-0.3, -0.25) is 4.72 Å². The van der Waals surface area contributed by atoms with Gasteiger partial charge in [-0.25, -0.2) is 27.0 Å². The lowest BCUT2D eigenvalue weighted by atomic mass is 10.2. The fraction of sp³-hybridized carbons (Fsp3) is 0.333. The lowest BCUT2D eigenvalue weighted by Crippen LogP contribution is -2.27. The summed E-state index contributed by atoms with van der Waals surface area (Å²) in [6.45, 7) is 5.02. The second-order valence-electron chi connectivity index (χ2n) is 6.01. The van der Waals surface area contributed by atoms with Crippen molar-refractivity contribution in [2.24, 2.45) is 0 Å². The molecular weight excluding hydrogens is 392 g/mol. The molecule has 0 unspecified atom stereocenters. The summed E-state index contributed by atoms with van der Waals surface area (Å²) in [5.74, 6) is -3.51. The third-order valence-electron chi connectivity index (χ3n) is 4.01. The maximum absolute atomic E-state index is 13.3. The molecule has 1 aromatic carbocycles. The van der Waals surface area contributed by atoms with Crippen molar-refractivity contribution in [3.63, 3.8) is 0 Å². The fourth-order valence-electron chi connectivity index (χ4n) is 2.54. The SMILES string of the molecule is CCCCN(CC)c1ncc(NS(=O)(=O)c2ccc(F)c(F)c2)cc1C(=O)O. The Bertz CT molecular complexity index is 967. The molecule has 0 fully saturated rings. The highest BCUT2D eigenvalue weighted by Crippen LogP contribution is 2.24. The van der Waals surface area contributed by atoms with Crippen molar-refractivity contribution < 1.29 is 27.1 Å². The molecule has 0 atom stereocenters. The number of carbonyl (C=O) groups is 1. The van der Waals surface area contributed by atoms with E-state index >= 15 is 0 Å². The number of sulfonamides is 1. The van der Waals surface area contributed by atoms with Gasteiger partial charge in [-0.1, -0.05) is 13.3 Å². The van der Waals surface area contributed by atoms with E-state index in [1.54, 1.807) is 4.90 Å². The summed E-state index contributed by atoms with van der Waals surface area (Å²) in [5.41, 5.74) is -0.263. The quantitative estimate of drug-likeness (QED) is 0.653. The average molecular weight is 413 g/mol. The van der Waals surface area contributed by atoms with E-state index in [-0.39, 0.29) is 17.1 Å². The molecule has 1 heterocycles. The largest absolute Gasteiger partial charge is 0.478 e. The molecule has 0 aliphatic carbocycles. The first-order valence-corrected chi connectivity index (χ1v) is 10.1. The van der Waals surface area contributed by atoms with Crippen LogP contribution in [-0.2, 0) is 10.0 Å². The standard InChI is InChI=1S/C18H21F2N3O4S/c1-3-5-8-23(4-2)17-14(18(24)25)9-12(11-21-17)22-28(26,27)13-6-7-15(19)16(20)10-13/h6-7,9-11,22H,3-5,8H2,1-2H3,(H,24,25). The Balaban J connectivity index is 2.37. The zero-order valence-corrected chi connectivity index (χ0v) is 16.3. The molecule has 2 aromatic rings. The Hall–Kier alpha value is -2.75. The van der Waals surface area contributed by atoms with Crippen LogP contribution in [0.4, 0.5) is 20.3 Å². The Morgan fingerprint density at radius 3 is 2.50 bits per heavy atom. The molecule has 0 radical (unpaired) electrons. The normalized spacial score (nSPS) is 11.3. The number of hydrogen-bond acceptors (Lipinski definition) is 5. The Kier molecular flexibility index (Phi) is 6.90. The number of carboxylic acids is 1. The molecule has 152 valence electrons. The lowest BCUT2D eigenvalue weighted by molar-refractivity contribution is 0.0697. The van der Waals surface area contributed by atoms with Gasteiger partial charge in [0.1, 0.15) is 11.4 Å². The molecule has 0 bridgehead atoms. The number of aromatic nitrogens is 1. The zero-order valence-electron chi connectivity index (χ0n) is 15.4. The monoisotopic (exact) mass is 413 g/mol. The van der Waals surface area contributed by atoms with Gasteiger partial charge >= 0.3 is 5.97 Å². The van der Waals surface area contributed by atoms with Gasteiger partial charge in [0, 0.05) is 13.1 Å². The summed E-state index contributed by atoms with van der Waals surface area (Å²) >= 11 is 0. The van der Waals surface area contributed by atoms with Gasteiger partial charge in [-0.15, -0.1) is 0 Å². The van der Waals surface area contributed by atoms with Gasteiger partial charge in [-0.05, 0) is 37.6 Å². The number of nitrogens with one attached hydrogen (secondary N) is 1. The van der Waals surface area contributed by atoms with Crippen LogP contribution >= 0.6 is 0 Å². The van der Waals surface area contributed by atoms with Gasteiger partial charge in [0.15, 0.2) is 11.6 Å². The Labute approximate surface area is 162 Å². The molecule has 0 amide bonds. The third kappa shape index (κ3) is 4.94. The molecule has 1 aromatic heterocycles. The minimum Gasteiger partial charge on any atom is -0.478 e. The van der Waals surface area contributed by atoms with Crippen molar-refractivity contribution in [2.75, 3.05) is 22.7 Å². The van der Waals surface area contributed by atoms with Gasteiger partial charge in [0.2, 0.25) is 0 Å². The smallest absolute Gasteiger partial charge is 0.339 e. The highest BCUT2D eigenvalue weighted by Gasteiger charge is 2.21. The molecule has 28 heavy (non-hydrogen) atoms. The van der Waals surface area contributed by atoms with Crippen LogP contribution in [0.1, 0.15) is 37.0 Å². The molecule has 10 heteroatoms. The van der Waals surface area contributed by atoms with E-state index in [1.807, 2.05) is 13.8 Å². The summed E-state index contributed by atoms with van der Waals surface area (Å²) in [7, 11) is -4.25. The average Bonchev–Trinajstić information content (AvgIpc) is 2.64. The van der Waals surface area contributed by atoms with E-state index < -0.39 is 32.5 Å². The van der Waals surface area contributed by atoms with Crippen LogP contribution < -0.4 is 9.62 Å². The predicted molar refractivity (Wildman–Crippen MR) is 101 cm³/mol. The summed E-state index contributed by atoms with van der Waals surface area (Å²) < 4.78 is 53.3. The maximum atomic E-state index is 13.3. The van der Waals surface area contributed by atoms with Crippen LogP contribution in [0, 0.1) is 11.6 Å². The molecular formula is C18H21F2N3O4S. The van der Waals surface area contributed by atoms with Crippen molar-refractivity contribution in [2.45, 2.75) is 31.6 Å². The van der Waals surface area contributed by atoms with Gasteiger partial charge in [0.25, 0.3) is 10.0 Å². The molecule has 0 saturated heterocycles. The van der Waals surface area contributed by atoms with Crippen LogP contribution in [0.15, 0.2) is 35.4 Å². The van der Waals surface area contributed by atoms with Gasteiger partial charge in [-0.2, -0.15) is 0 Å². The number of rotatable bonds is 9. The number of nitrogens with zero attached hydrogens (tertiary/aromatic N) is 2. The number of aromatic carboxylic acids is 1. The Morgan fingerprint density at radius 2 is 1.93 bits per heavy atom. The molecule has 0 spiro atoms. The van der Waals surface area contributed by atoms with Crippen molar-refractivity contribution in [1.29, 1.82) is 0 Å². The van der Waals surface area contributed by atoms with Crippen LogP contribution in [0.5, 0.6) is 0 Å². The van der Waals surface area contributed by atoms with Crippen molar-refractivity contribution in [3.05, 3.63) is 47.7 Å². The van der Waals surface area contributed by atoms with Gasteiger partial charge < -0.3 is 10.0 Å². The van der Waals surface area contributed by atoms with E-state index in [4.69, 9.17) is 0 Å². The maximum Gasteiger partial charge on any atom is 0.339 e. The molecule has 0 saturated carbocycles. The molecule has 0 aliphatic rings. The Morgan fingerprint density at radius 1 is 1.21 bits per heavy atom. The molecule has 7 nitrogen and oxygen atoms in total. The first-order chi connectivity index (χ1) is 13.2. The summed E-state index contributed by atoms with van der Waals surface area (Å²) in [6, 6.07) is 3.29. The third-order valence-corrected chi connectivity index (χ3v) is 5.39. The molecule has 0 aliphatic heterocycles. The van der Waals surface area contributed by atoms with Crippen LogP contribution in [0.3, 0.4) is 0 Å².